The van der Waals surface area contributed by atoms with Gasteiger partial charge < -0.3 is 15.0 Å². The molecule has 2 aromatic rings. The first kappa shape index (κ1) is 28.5. The number of nitrogens with zero attached hydrogens (tertiary/aromatic N) is 2. The van der Waals surface area contributed by atoms with Crippen LogP contribution in [0.4, 0.5) is 5.69 Å². The Morgan fingerprint density at radius 1 is 1.17 bits per heavy atom. The van der Waals surface area contributed by atoms with Crippen molar-refractivity contribution in [1.29, 1.82) is 0 Å². The normalized spacial score (nSPS) is 12.1. The number of anilines is 1. The number of ether oxygens (including phenoxy) is 1. The lowest BCUT2D eigenvalue weighted by molar-refractivity contribution is -0.141. The van der Waals surface area contributed by atoms with Crippen molar-refractivity contribution in [1.82, 2.24) is 10.2 Å². The van der Waals surface area contributed by atoms with Crippen molar-refractivity contribution < 1.29 is 22.7 Å². The maximum atomic E-state index is 13.3. The molecule has 0 radical (unpaired) electrons. The number of aryl methyl sites for hydroxylation is 1. The number of hydrogen-bond acceptors (Lipinski definition) is 5. The topological polar surface area (TPSA) is 96.0 Å². The smallest absolute Gasteiger partial charge is 0.242 e. The molecule has 2 amide bonds. The van der Waals surface area contributed by atoms with Crippen molar-refractivity contribution in [3.8, 4) is 5.75 Å². The maximum Gasteiger partial charge on any atom is 0.242 e. The summed E-state index contributed by atoms with van der Waals surface area (Å²) >= 11 is 6.10. The number of methoxy groups -OCH3 is 1. The summed E-state index contributed by atoms with van der Waals surface area (Å²) in [5.74, 6) is 0.166. The standard InChI is InChI=1S/C25H34ClN3O5S/c1-6-22(25(31)27-3)28(17-19-9-7-10-21(15-19)34-4)24(30)11-8-14-29(35(5,32)33)23-16-20(26)13-12-18(23)2/h7,9-10,12-13,15-16,22H,6,8,11,14,17H2,1-5H3,(H,27,31)/t22-/m1/s1. The molecule has 0 unspecified atom stereocenters. The zero-order valence-electron chi connectivity index (χ0n) is 20.9. The molecular weight excluding hydrogens is 490 g/mol. The highest BCUT2D eigenvalue weighted by molar-refractivity contribution is 7.92. The summed E-state index contributed by atoms with van der Waals surface area (Å²) in [5, 5.41) is 3.06. The monoisotopic (exact) mass is 523 g/mol. The second-order valence-corrected chi connectivity index (χ2v) is 10.6. The highest BCUT2D eigenvalue weighted by atomic mass is 35.5. The molecule has 0 spiro atoms. The SMILES string of the molecule is CC[C@H](C(=O)NC)N(Cc1cccc(OC)c1)C(=O)CCCN(c1cc(Cl)ccc1C)S(C)(=O)=O. The van der Waals surface area contributed by atoms with Gasteiger partial charge in [0.15, 0.2) is 0 Å². The van der Waals surface area contributed by atoms with Crippen molar-refractivity contribution >= 4 is 39.1 Å². The molecule has 2 aromatic carbocycles. The molecule has 0 aliphatic carbocycles. The van der Waals surface area contributed by atoms with Gasteiger partial charge in [0.1, 0.15) is 11.8 Å². The Balaban J connectivity index is 2.24. The van der Waals surface area contributed by atoms with Crippen LogP contribution < -0.4 is 14.4 Å². The summed E-state index contributed by atoms with van der Waals surface area (Å²) < 4.78 is 31.6. The highest BCUT2D eigenvalue weighted by Gasteiger charge is 2.28. The van der Waals surface area contributed by atoms with Gasteiger partial charge in [-0.05, 0) is 55.2 Å². The molecule has 0 aliphatic heterocycles. The first-order valence-corrected chi connectivity index (χ1v) is 13.6. The summed E-state index contributed by atoms with van der Waals surface area (Å²) in [6, 6.07) is 11.7. The van der Waals surface area contributed by atoms with Gasteiger partial charge in [-0.3, -0.25) is 13.9 Å². The predicted octanol–water partition coefficient (Wildman–Crippen LogP) is 3.76. The molecule has 1 atom stereocenters. The fraction of sp³-hybridized carbons (Fsp3) is 0.440. The number of likely N-dealkylation sites (N-methyl/N-ethyl adjacent to an activating group) is 1. The number of rotatable bonds is 12. The van der Waals surface area contributed by atoms with Crippen molar-refractivity contribution in [2.75, 3.05) is 31.3 Å². The van der Waals surface area contributed by atoms with E-state index < -0.39 is 16.1 Å². The molecule has 8 nitrogen and oxygen atoms in total. The van der Waals surface area contributed by atoms with Crippen LogP contribution in [0, 0.1) is 6.92 Å². The molecule has 0 bridgehead atoms. The molecule has 0 saturated carbocycles. The van der Waals surface area contributed by atoms with Crippen molar-refractivity contribution in [3.63, 3.8) is 0 Å². The second kappa shape index (κ2) is 12.8. The van der Waals surface area contributed by atoms with E-state index in [4.69, 9.17) is 16.3 Å². The molecule has 10 heteroatoms. The fourth-order valence-corrected chi connectivity index (χ4v) is 5.07. The van der Waals surface area contributed by atoms with Gasteiger partial charge in [-0.25, -0.2) is 8.42 Å². The van der Waals surface area contributed by atoms with E-state index in [1.165, 1.54) is 11.4 Å². The number of sulfonamides is 1. The molecule has 0 fully saturated rings. The van der Waals surface area contributed by atoms with Gasteiger partial charge in [0, 0.05) is 31.6 Å². The summed E-state index contributed by atoms with van der Waals surface area (Å²) in [7, 11) is -0.494. The third kappa shape index (κ3) is 7.86. The average molecular weight is 524 g/mol. The fourth-order valence-electron chi connectivity index (χ4n) is 3.89. The van der Waals surface area contributed by atoms with E-state index in [2.05, 4.69) is 5.32 Å². The third-order valence-electron chi connectivity index (χ3n) is 5.71. The zero-order chi connectivity index (χ0) is 26.2. The van der Waals surface area contributed by atoms with Gasteiger partial charge in [-0.15, -0.1) is 0 Å². The van der Waals surface area contributed by atoms with Crippen LogP contribution in [-0.4, -0.2) is 58.1 Å². The van der Waals surface area contributed by atoms with E-state index >= 15 is 0 Å². The van der Waals surface area contributed by atoms with Crippen LogP contribution in [-0.2, 0) is 26.2 Å². The Morgan fingerprint density at radius 2 is 1.89 bits per heavy atom. The van der Waals surface area contributed by atoms with Crippen LogP contribution in [0.2, 0.25) is 5.02 Å². The number of hydrogen-bond donors (Lipinski definition) is 1. The van der Waals surface area contributed by atoms with Gasteiger partial charge in [-0.1, -0.05) is 36.7 Å². The summed E-state index contributed by atoms with van der Waals surface area (Å²) in [6.45, 7) is 3.99. The van der Waals surface area contributed by atoms with Crippen LogP contribution in [0.5, 0.6) is 5.75 Å². The molecule has 35 heavy (non-hydrogen) atoms. The Kier molecular flexibility index (Phi) is 10.4. The van der Waals surface area contributed by atoms with Gasteiger partial charge in [0.05, 0.1) is 19.1 Å². The van der Waals surface area contributed by atoms with Crippen molar-refractivity contribution in [3.05, 3.63) is 58.6 Å². The number of nitrogens with one attached hydrogen (secondary N) is 1. The lowest BCUT2D eigenvalue weighted by atomic mass is 10.1. The van der Waals surface area contributed by atoms with E-state index in [1.54, 1.807) is 37.1 Å². The Hall–Kier alpha value is -2.78. The minimum absolute atomic E-state index is 0.0725. The number of halogens is 1. The molecule has 0 aromatic heterocycles. The summed E-state index contributed by atoms with van der Waals surface area (Å²) in [6.07, 6.45) is 1.91. The largest absolute Gasteiger partial charge is 0.497 e. The maximum absolute atomic E-state index is 13.3. The van der Waals surface area contributed by atoms with Crippen LogP contribution in [0.15, 0.2) is 42.5 Å². The van der Waals surface area contributed by atoms with Crippen LogP contribution in [0.25, 0.3) is 0 Å². The van der Waals surface area contributed by atoms with Crippen molar-refractivity contribution in [2.24, 2.45) is 0 Å². The Morgan fingerprint density at radius 3 is 2.49 bits per heavy atom. The number of carbonyl (C=O) groups is 2. The third-order valence-corrected chi connectivity index (χ3v) is 7.13. The Labute approximate surface area is 213 Å². The highest BCUT2D eigenvalue weighted by Crippen LogP contribution is 2.27. The van der Waals surface area contributed by atoms with Gasteiger partial charge in [0.25, 0.3) is 0 Å². The van der Waals surface area contributed by atoms with Gasteiger partial charge in [-0.2, -0.15) is 0 Å². The van der Waals surface area contributed by atoms with Gasteiger partial charge >= 0.3 is 0 Å². The van der Waals surface area contributed by atoms with Crippen molar-refractivity contribution in [2.45, 2.75) is 45.7 Å². The van der Waals surface area contributed by atoms with E-state index in [0.29, 0.717) is 22.9 Å². The van der Waals surface area contributed by atoms with Gasteiger partial charge in [0.2, 0.25) is 21.8 Å². The van der Waals surface area contributed by atoms with Crippen LogP contribution in [0.1, 0.15) is 37.3 Å². The van der Waals surface area contributed by atoms with E-state index in [9.17, 15) is 18.0 Å². The molecule has 192 valence electrons. The van der Waals surface area contributed by atoms with E-state index in [1.807, 2.05) is 31.2 Å². The minimum Gasteiger partial charge on any atom is -0.497 e. The molecule has 0 heterocycles. The summed E-state index contributed by atoms with van der Waals surface area (Å²) in [4.78, 5) is 27.4. The Bertz CT molecular complexity index is 1140. The molecule has 0 aliphatic rings. The number of amides is 2. The van der Waals surface area contributed by atoms with Crippen LogP contribution in [0.3, 0.4) is 0 Å². The zero-order valence-corrected chi connectivity index (χ0v) is 22.4. The predicted molar refractivity (Wildman–Crippen MR) is 139 cm³/mol. The number of carbonyl (C=O) groups excluding carboxylic acids is 2. The molecule has 0 saturated heterocycles. The second-order valence-electron chi connectivity index (χ2n) is 8.28. The average Bonchev–Trinajstić information content (AvgIpc) is 2.82. The van der Waals surface area contributed by atoms with Crippen LogP contribution >= 0.6 is 11.6 Å². The first-order valence-electron chi connectivity index (χ1n) is 11.4. The van der Waals surface area contributed by atoms with E-state index in [-0.39, 0.29) is 37.7 Å². The van der Waals surface area contributed by atoms with E-state index in [0.717, 1.165) is 17.4 Å². The summed E-state index contributed by atoms with van der Waals surface area (Å²) in [5.41, 5.74) is 2.07. The molecular formula is C25H34ClN3O5S. The molecule has 2 rings (SSSR count). The lowest BCUT2D eigenvalue weighted by Gasteiger charge is -2.31. The minimum atomic E-state index is -3.60. The number of benzene rings is 2. The lowest BCUT2D eigenvalue weighted by Crippen LogP contribution is -2.48. The quantitative estimate of drug-likeness (QED) is 0.457. The first-order chi connectivity index (χ1) is 16.5. The molecule has 1 N–H and O–H groups in total.